The predicted octanol–water partition coefficient (Wildman–Crippen LogP) is -0.835. The van der Waals surface area contributed by atoms with E-state index in [2.05, 4.69) is 15.4 Å². The number of nitrogens with zero attached hydrogens (tertiary/aromatic N) is 3. The second-order valence-corrected chi connectivity index (χ2v) is 5.11. The maximum Gasteiger partial charge on any atom is 0.260 e. The van der Waals surface area contributed by atoms with E-state index in [-0.39, 0.29) is 10.9 Å². The number of hydrogen-bond acceptors (Lipinski definition) is 5. The molecule has 4 N–H and O–H groups in total. The quantitative estimate of drug-likeness (QED) is 0.277. The van der Waals surface area contributed by atoms with Gasteiger partial charge >= 0.3 is 0 Å². The van der Waals surface area contributed by atoms with Crippen LogP contribution in [0.15, 0.2) is 22.4 Å². The van der Waals surface area contributed by atoms with Gasteiger partial charge in [-0.05, 0) is 13.0 Å². The van der Waals surface area contributed by atoms with Crippen LogP contribution in [0.3, 0.4) is 0 Å². The van der Waals surface area contributed by atoms with Crippen molar-refractivity contribution in [1.82, 2.24) is 14.5 Å². The summed E-state index contributed by atoms with van der Waals surface area (Å²) in [4.78, 5) is 0. The summed E-state index contributed by atoms with van der Waals surface area (Å²) in [5, 5.41) is 17.1. The van der Waals surface area contributed by atoms with Crippen molar-refractivity contribution in [2.45, 2.75) is 18.0 Å². The number of nitrogens with two attached hydrogens (primary N) is 1. The standard InChI is InChI=1S/C7H13N5O3S/c1-5(7(8)11-13)12(2)16(14,15)6-3-4-9-10-6/h3-5,13H,1-2H3,(H2,8,11)(H,9,10). The molecule has 0 aliphatic heterocycles. The zero-order chi connectivity index (χ0) is 12.3. The summed E-state index contributed by atoms with van der Waals surface area (Å²) in [5.74, 6) is -0.189. The SMILES string of the molecule is CC(C(N)=NO)N(C)S(=O)(=O)c1ccn[nH]1. The molecule has 0 fully saturated rings. The summed E-state index contributed by atoms with van der Waals surface area (Å²) >= 11 is 0. The highest BCUT2D eigenvalue weighted by Gasteiger charge is 2.28. The van der Waals surface area contributed by atoms with Crippen LogP contribution >= 0.6 is 0 Å². The number of likely N-dealkylation sites (N-methyl/N-ethyl adjacent to an activating group) is 1. The molecule has 16 heavy (non-hydrogen) atoms. The number of aromatic nitrogens is 2. The number of H-pyrrole nitrogens is 1. The van der Waals surface area contributed by atoms with E-state index in [1.165, 1.54) is 26.2 Å². The predicted molar refractivity (Wildman–Crippen MR) is 56.4 cm³/mol. The Balaban J connectivity index is 3.03. The molecular weight excluding hydrogens is 234 g/mol. The highest BCUT2D eigenvalue weighted by Crippen LogP contribution is 2.13. The van der Waals surface area contributed by atoms with Gasteiger partial charge in [0.1, 0.15) is 0 Å². The smallest absolute Gasteiger partial charge is 0.260 e. The minimum absolute atomic E-state index is 0.0485. The van der Waals surface area contributed by atoms with Crippen molar-refractivity contribution < 1.29 is 13.6 Å². The normalized spacial score (nSPS) is 15.3. The molecule has 0 aliphatic carbocycles. The van der Waals surface area contributed by atoms with Gasteiger partial charge in [-0.15, -0.1) is 0 Å². The van der Waals surface area contributed by atoms with Gasteiger partial charge in [0.05, 0.1) is 12.2 Å². The minimum atomic E-state index is -3.71. The van der Waals surface area contributed by atoms with E-state index in [0.29, 0.717) is 0 Å². The zero-order valence-electron chi connectivity index (χ0n) is 8.82. The topological polar surface area (TPSA) is 125 Å². The molecule has 90 valence electrons. The fourth-order valence-corrected chi connectivity index (χ4v) is 2.26. The molecule has 1 heterocycles. The molecule has 0 amide bonds. The van der Waals surface area contributed by atoms with Gasteiger partial charge in [-0.1, -0.05) is 5.16 Å². The summed E-state index contributed by atoms with van der Waals surface area (Å²) in [7, 11) is -2.37. The number of amidine groups is 1. The molecule has 0 aliphatic rings. The first-order valence-corrected chi connectivity index (χ1v) is 5.80. The summed E-state index contributed by atoms with van der Waals surface area (Å²) in [6.45, 7) is 1.50. The van der Waals surface area contributed by atoms with Crippen LogP contribution < -0.4 is 5.73 Å². The van der Waals surface area contributed by atoms with Crippen LogP contribution in [0, 0.1) is 0 Å². The van der Waals surface area contributed by atoms with E-state index in [1.807, 2.05) is 0 Å². The van der Waals surface area contributed by atoms with Crippen molar-refractivity contribution in [2.75, 3.05) is 7.05 Å². The van der Waals surface area contributed by atoms with Crippen LogP contribution in [0.2, 0.25) is 0 Å². The van der Waals surface area contributed by atoms with Crippen LogP contribution in [0.5, 0.6) is 0 Å². The Morgan fingerprint density at radius 1 is 1.75 bits per heavy atom. The number of hydrogen-bond donors (Lipinski definition) is 3. The van der Waals surface area contributed by atoms with Crippen molar-refractivity contribution in [2.24, 2.45) is 10.9 Å². The third-order valence-corrected chi connectivity index (χ3v) is 4.08. The Morgan fingerprint density at radius 3 is 2.81 bits per heavy atom. The Hall–Kier alpha value is -1.61. The Kier molecular flexibility index (Phi) is 3.50. The second-order valence-electron chi connectivity index (χ2n) is 3.14. The molecule has 1 atom stereocenters. The largest absolute Gasteiger partial charge is 0.409 e. The van der Waals surface area contributed by atoms with E-state index < -0.39 is 16.1 Å². The minimum Gasteiger partial charge on any atom is -0.409 e. The molecular formula is C7H13N5O3S. The number of nitrogens with one attached hydrogen (secondary N) is 1. The molecule has 1 unspecified atom stereocenters. The first-order chi connectivity index (χ1) is 7.41. The van der Waals surface area contributed by atoms with Gasteiger partial charge in [-0.2, -0.15) is 9.40 Å². The summed E-state index contributed by atoms with van der Waals surface area (Å²) in [6.07, 6.45) is 1.33. The summed E-state index contributed by atoms with van der Waals surface area (Å²) in [6, 6.07) is 0.573. The van der Waals surface area contributed by atoms with Gasteiger partial charge in [0, 0.05) is 7.05 Å². The van der Waals surface area contributed by atoms with Crippen molar-refractivity contribution >= 4 is 15.9 Å². The third kappa shape index (κ3) is 2.14. The van der Waals surface area contributed by atoms with E-state index in [0.717, 1.165) is 4.31 Å². The van der Waals surface area contributed by atoms with Crippen LogP contribution in [0.25, 0.3) is 0 Å². The molecule has 0 radical (unpaired) electrons. The lowest BCUT2D eigenvalue weighted by Gasteiger charge is -2.21. The van der Waals surface area contributed by atoms with Gasteiger partial charge in [0.25, 0.3) is 10.0 Å². The number of aromatic amines is 1. The average molecular weight is 247 g/mol. The van der Waals surface area contributed by atoms with Crippen molar-refractivity contribution in [3.8, 4) is 0 Å². The monoisotopic (exact) mass is 247 g/mol. The molecule has 0 spiro atoms. The van der Waals surface area contributed by atoms with Gasteiger partial charge in [-0.3, -0.25) is 5.10 Å². The number of sulfonamides is 1. The van der Waals surface area contributed by atoms with Crippen molar-refractivity contribution in [3.05, 3.63) is 12.3 Å². The lowest BCUT2D eigenvalue weighted by molar-refractivity contribution is 0.311. The highest BCUT2D eigenvalue weighted by molar-refractivity contribution is 7.89. The highest BCUT2D eigenvalue weighted by atomic mass is 32.2. The van der Waals surface area contributed by atoms with Crippen molar-refractivity contribution in [1.29, 1.82) is 0 Å². The van der Waals surface area contributed by atoms with Crippen LogP contribution in [-0.4, -0.2) is 47.1 Å². The molecule has 8 nitrogen and oxygen atoms in total. The maximum absolute atomic E-state index is 11.9. The van der Waals surface area contributed by atoms with E-state index >= 15 is 0 Å². The zero-order valence-corrected chi connectivity index (χ0v) is 9.64. The van der Waals surface area contributed by atoms with Gasteiger partial charge < -0.3 is 10.9 Å². The average Bonchev–Trinajstić information content (AvgIpc) is 2.79. The fourth-order valence-electron chi connectivity index (χ4n) is 1.02. The molecule has 1 rings (SSSR count). The molecule has 0 saturated heterocycles. The Bertz CT molecular complexity index is 466. The summed E-state index contributed by atoms with van der Waals surface area (Å²) in [5.41, 5.74) is 5.34. The molecule has 0 aromatic carbocycles. The molecule has 0 saturated carbocycles. The van der Waals surface area contributed by atoms with Gasteiger partial charge in [-0.25, -0.2) is 8.42 Å². The summed E-state index contributed by atoms with van der Waals surface area (Å²) < 4.78 is 24.8. The van der Waals surface area contributed by atoms with Gasteiger partial charge in [0.15, 0.2) is 10.9 Å². The van der Waals surface area contributed by atoms with Crippen molar-refractivity contribution in [3.63, 3.8) is 0 Å². The van der Waals surface area contributed by atoms with E-state index in [9.17, 15) is 8.42 Å². The van der Waals surface area contributed by atoms with Gasteiger partial charge in [0.2, 0.25) is 0 Å². The van der Waals surface area contributed by atoms with Crippen LogP contribution in [0.4, 0.5) is 0 Å². The lowest BCUT2D eigenvalue weighted by atomic mass is 10.3. The fraction of sp³-hybridized carbons (Fsp3) is 0.429. The van der Waals surface area contributed by atoms with Crippen LogP contribution in [-0.2, 0) is 10.0 Å². The third-order valence-electron chi connectivity index (χ3n) is 2.22. The number of rotatable bonds is 4. The Morgan fingerprint density at radius 2 is 2.38 bits per heavy atom. The van der Waals surface area contributed by atoms with Crippen LogP contribution in [0.1, 0.15) is 6.92 Å². The molecule has 0 bridgehead atoms. The molecule has 1 aromatic rings. The number of oxime groups is 1. The van der Waals surface area contributed by atoms with E-state index in [4.69, 9.17) is 10.9 Å². The molecule has 9 heteroatoms. The van der Waals surface area contributed by atoms with E-state index in [1.54, 1.807) is 0 Å². The first kappa shape index (κ1) is 12.5. The first-order valence-electron chi connectivity index (χ1n) is 4.36. The second kappa shape index (κ2) is 4.49. The lowest BCUT2D eigenvalue weighted by Crippen LogP contribution is -2.43. The Labute approximate surface area is 92.8 Å². The molecule has 1 aromatic heterocycles. The maximum atomic E-state index is 11.9.